The van der Waals surface area contributed by atoms with E-state index in [0.29, 0.717) is 12.1 Å². The Balaban J connectivity index is 1.67. The second-order valence-electron chi connectivity index (χ2n) is 6.62. The van der Waals surface area contributed by atoms with E-state index in [1.54, 1.807) is 16.7 Å². The molecule has 1 heterocycles. The standard InChI is InChI=1S/C23H20N2O2S/c1-28-19-12-7-11-18(14-19)24-22(26)21(16-8-3-2-4-9-16)25-15-17-10-5-6-13-20(17)23(25)27/h2-14,21H,15H2,1H3,(H,24,26)/t21-/m0/s1. The van der Waals surface area contributed by atoms with E-state index in [0.717, 1.165) is 21.7 Å². The third kappa shape index (κ3) is 3.53. The summed E-state index contributed by atoms with van der Waals surface area (Å²) in [6, 6.07) is 24.0. The van der Waals surface area contributed by atoms with Crippen LogP contribution in [-0.4, -0.2) is 23.0 Å². The third-order valence-electron chi connectivity index (χ3n) is 4.86. The molecule has 0 fully saturated rings. The van der Waals surface area contributed by atoms with E-state index in [2.05, 4.69) is 5.32 Å². The number of anilines is 1. The molecular weight excluding hydrogens is 368 g/mol. The SMILES string of the molecule is CSc1cccc(NC(=O)[C@H](c2ccccc2)N2Cc3ccccc3C2=O)c1. The molecule has 2 amide bonds. The number of fused-ring (bicyclic) bond motifs is 1. The van der Waals surface area contributed by atoms with Crippen LogP contribution in [0.3, 0.4) is 0 Å². The highest BCUT2D eigenvalue weighted by Crippen LogP contribution is 2.32. The van der Waals surface area contributed by atoms with Crippen molar-refractivity contribution in [2.45, 2.75) is 17.5 Å². The molecule has 4 rings (SSSR count). The van der Waals surface area contributed by atoms with Crippen LogP contribution in [0.1, 0.15) is 27.5 Å². The Bertz CT molecular complexity index is 1020. The Labute approximate surface area is 168 Å². The first-order valence-corrected chi connectivity index (χ1v) is 10.3. The van der Waals surface area contributed by atoms with Gasteiger partial charge in [0, 0.05) is 22.7 Å². The summed E-state index contributed by atoms with van der Waals surface area (Å²) in [4.78, 5) is 29.0. The van der Waals surface area contributed by atoms with Crippen LogP contribution in [0.15, 0.2) is 83.8 Å². The Morgan fingerprint density at radius 2 is 1.75 bits per heavy atom. The lowest BCUT2D eigenvalue weighted by Gasteiger charge is -2.27. The zero-order chi connectivity index (χ0) is 19.5. The molecule has 28 heavy (non-hydrogen) atoms. The zero-order valence-corrected chi connectivity index (χ0v) is 16.3. The number of rotatable bonds is 5. The highest BCUT2D eigenvalue weighted by molar-refractivity contribution is 7.98. The fourth-order valence-electron chi connectivity index (χ4n) is 3.51. The highest BCUT2D eigenvalue weighted by Gasteiger charge is 2.37. The summed E-state index contributed by atoms with van der Waals surface area (Å²) in [6.07, 6.45) is 1.99. The summed E-state index contributed by atoms with van der Waals surface area (Å²) in [5.41, 5.74) is 3.13. The minimum atomic E-state index is -0.695. The number of carbonyl (C=O) groups is 2. The van der Waals surface area contributed by atoms with Gasteiger partial charge in [-0.05, 0) is 41.6 Å². The highest BCUT2D eigenvalue weighted by atomic mass is 32.2. The normalized spacial score (nSPS) is 13.9. The monoisotopic (exact) mass is 388 g/mol. The fraction of sp³-hybridized carbons (Fsp3) is 0.130. The lowest BCUT2D eigenvalue weighted by molar-refractivity contribution is -0.120. The Kier molecular flexibility index (Phi) is 5.17. The predicted molar refractivity (Wildman–Crippen MR) is 112 cm³/mol. The predicted octanol–water partition coefficient (Wildman–Crippen LogP) is 4.74. The van der Waals surface area contributed by atoms with E-state index >= 15 is 0 Å². The van der Waals surface area contributed by atoms with Crippen LogP contribution < -0.4 is 5.32 Å². The van der Waals surface area contributed by atoms with Crippen molar-refractivity contribution >= 4 is 29.3 Å². The molecule has 0 saturated heterocycles. The maximum atomic E-state index is 13.3. The summed E-state index contributed by atoms with van der Waals surface area (Å²) in [5, 5.41) is 2.99. The van der Waals surface area contributed by atoms with Crippen LogP contribution in [-0.2, 0) is 11.3 Å². The smallest absolute Gasteiger partial charge is 0.255 e. The fourth-order valence-corrected chi connectivity index (χ4v) is 3.96. The molecule has 0 aromatic heterocycles. The van der Waals surface area contributed by atoms with Crippen molar-refractivity contribution in [1.82, 2.24) is 4.90 Å². The van der Waals surface area contributed by atoms with Gasteiger partial charge in [0.25, 0.3) is 11.8 Å². The molecule has 0 bridgehead atoms. The van der Waals surface area contributed by atoms with Crippen LogP contribution >= 0.6 is 11.8 Å². The van der Waals surface area contributed by atoms with Crippen molar-refractivity contribution in [2.24, 2.45) is 0 Å². The molecule has 4 nitrogen and oxygen atoms in total. The first kappa shape index (κ1) is 18.3. The van der Waals surface area contributed by atoms with Gasteiger partial charge >= 0.3 is 0 Å². The number of carbonyl (C=O) groups excluding carboxylic acids is 2. The molecule has 5 heteroatoms. The number of nitrogens with one attached hydrogen (secondary N) is 1. The average Bonchev–Trinajstić information content (AvgIpc) is 3.05. The van der Waals surface area contributed by atoms with Gasteiger partial charge in [-0.1, -0.05) is 54.6 Å². The van der Waals surface area contributed by atoms with Crippen LogP contribution in [0.4, 0.5) is 5.69 Å². The van der Waals surface area contributed by atoms with Gasteiger partial charge in [0.05, 0.1) is 0 Å². The molecule has 3 aromatic rings. The minimum Gasteiger partial charge on any atom is -0.324 e. The number of hydrogen-bond donors (Lipinski definition) is 1. The molecule has 1 aliphatic rings. The van der Waals surface area contributed by atoms with Gasteiger partial charge in [-0.25, -0.2) is 0 Å². The van der Waals surface area contributed by atoms with E-state index in [1.165, 1.54) is 0 Å². The van der Waals surface area contributed by atoms with Crippen molar-refractivity contribution in [1.29, 1.82) is 0 Å². The van der Waals surface area contributed by atoms with E-state index in [9.17, 15) is 9.59 Å². The maximum absolute atomic E-state index is 13.3. The van der Waals surface area contributed by atoms with E-state index < -0.39 is 6.04 Å². The topological polar surface area (TPSA) is 49.4 Å². The van der Waals surface area contributed by atoms with E-state index in [4.69, 9.17) is 0 Å². The van der Waals surface area contributed by atoms with Gasteiger partial charge in [-0.15, -0.1) is 11.8 Å². The molecule has 1 atom stereocenters. The summed E-state index contributed by atoms with van der Waals surface area (Å²) >= 11 is 1.62. The molecule has 0 unspecified atom stereocenters. The Morgan fingerprint density at radius 3 is 2.50 bits per heavy atom. The van der Waals surface area contributed by atoms with Crippen molar-refractivity contribution in [3.8, 4) is 0 Å². The van der Waals surface area contributed by atoms with Gasteiger partial charge in [0.1, 0.15) is 6.04 Å². The Morgan fingerprint density at radius 1 is 1.00 bits per heavy atom. The summed E-state index contributed by atoms with van der Waals surface area (Å²) < 4.78 is 0. The minimum absolute atomic E-state index is 0.113. The summed E-state index contributed by atoms with van der Waals surface area (Å²) in [5.74, 6) is -0.330. The van der Waals surface area contributed by atoms with Crippen LogP contribution in [0.25, 0.3) is 0 Å². The average molecular weight is 388 g/mol. The third-order valence-corrected chi connectivity index (χ3v) is 5.59. The van der Waals surface area contributed by atoms with Crippen molar-refractivity contribution in [3.05, 3.63) is 95.6 Å². The van der Waals surface area contributed by atoms with Crippen molar-refractivity contribution < 1.29 is 9.59 Å². The number of thioether (sulfide) groups is 1. The largest absolute Gasteiger partial charge is 0.324 e. The van der Waals surface area contributed by atoms with Gasteiger partial charge in [0.15, 0.2) is 0 Å². The molecule has 0 radical (unpaired) electrons. The Hall–Kier alpha value is -3.05. The van der Waals surface area contributed by atoms with Crippen LogP contribution in [0, 0.1) is 0 Å². The van der Waals surface area contributed by atoms with E-state index in [1.807, 2.05) is 85.1 Å². The van der Waals surface area contributed by atoms with Crippen molar-refractivity contribution in [3.63, 3.8) is 0 Å². The lowest BCUT2D eigenvalue weighted by atomic mass is 10.0. The van der Waals surface area contributed by atoms with Gasteiger partial charge < -0.3 is 10.2 Å². The van der Waals surface area contributed by atoms with Gasteiger partial charge in [-0.2, -0.15) is 0 Å². The van der Waals surface area contributed by atoms with Gasteiger partial charge in [-0.3, -0.25) is 9.59 Å². The molecule has 0 spiro atoms. The quantitative estimate of drug-likeness (QED) is 0.642. The number of amides is 2. The second-order valence-corrected chi connectivity index (χ2v) is 7.50. The molecule has 1 N–H and O–H groups in total. The van der Waals surface area contributed by atoms with Crippen molar-refractivity contribution in [2.75, 3.05) is 11.6 Å². The molecule has 1 aliphatic heterocycles. The van der Waals surface area contributed by atoms with Crippen LogP contribution in [0.2, 0.25) is 0 Å². The molecule has 140 valence electrons. The molecule has 0 aliphatic carbocycles. The summed E-state index contributed by atoms with van der Waals surface area (Å²) in [7, 11) is 0. The molecule has 3 aromatic carbocycles. The first-order valence-electron chi connectivity index (χ1n) is 9.06. The number of nitrogens with zero attached hydrogens (tertiary/aromatic N) is 1. The van der Waals surface area contributed by atoms with E-state index in [-0.39, 0.29) is 11.8 Å². The molecular formula is C23H20N2O2S. The number of hydrogen-bond acceptors (Lipinski definition) is 3. The maximum Gasteiger partial charge on any atom is 0.255 e. The second kappa shape index (κ2) is 7.90. The lowest BCUT2D eigenvalue weighted by Crippen LogP contribution is -2.37. The first-order chi connectivity index (χ1) is 13.7. The van der Waals surface area contributed by atoms with Gasteiger partial charge in [0.2, 0.25) is 0 Å². The zero-order valence-electron chi connectivity index (χ0n) is 15.5. The summed E-state index contributed by atoms with van der Waals surface area (Å²) in [6.45, 7) is 0.423. The molecule has 0 saturated carbocycles. The number of benzene rings is 3. The van der Waals surface area contributed by atoms with Crippen LogP contribution in [0.5, 0.6) is 0 Å².